The molecule has 0 bridgehead atoms. The van der Waals surface area contributed by atoms with Gasteiger partial charge in [-0.2, -0.15) is 0 Å². The molecule has 0 aliphatic heterocycles. The Balaban J connectivity index is 2.34. The predicted molar refractivity (Wildman–Crippen MR) is 83.9 cm³/mol. The van der Waals surface area contributed by atoms with Crippen LogP contribution in [0.15, 0.2) is 28.7 Å². The third kappa shape index (κ3) is 3.51. The van der Waals surface area contributed by atoms with Crippen LogP contribution < -0.4 is 5.32 Å². The molecule has 0 spiro atoms. The Morgan fingerprint density at radius 2 is 2.05 bits per heavy atom. The molecule has 1 N–H and O–H groups in total. The minimum atomic E-state index is -0.512. The van der Waals surface area contributed by atoms with Crippen LogP contribution in [0.2, 0.25) is 0 Å². The van der Waals surface area contributed by atoms with Crippen LogP contribution in [-0.4, -0.2) is 11.5 Å². The van der Waals surface area contributed by atoms with E-state index in [2.05, 4.69) is 38.2 Å². The van der Waals surface area contributed by atoms with Crippen LogP contribution in [0.5, 0.6) is 0 Å². The summed E-state index contributed by atoms with van der Waals surface area (Å²) in [5.74, 6) is 0.353. The highest BCUT2D eigenvalue weighted by atomic mass is 32.1. The summed E-state index contributed by atoms with van der Waals surface area (Å²) >= 11 is 1.71. The van der Waals surface area contributed by atoms with Crippen LogP contribution in [0.3, 0.4) is 0 Å². The lowest BCUT2D eigenvalue weighted by Crippen LogP contribution is -2.20. The van der Waals surface area contributed by atoms with Crippen molar-refractivity contribution in [1.82, 2.24) is 5.32 Å². The van der Waals surface area contributed by atoms with E-state index in [0.717, 1.165) is 11.4 Å². The number of furan rings is 1. The zero-order valence-corrected chi connectivity index (χ0v) is 13.5. The first kappa shape index (κ1) is 15.7. The number of nitro groups is 1. The van der Waals surface area contributed by atoms with Crippen molar-refractivity contribution in [3.63, 3.8) is 0 Å². The summed E-state index contributed by atoms with van der Waals surface area (Å²) < 4.78 is 5.35. The maximum Gasteiger partial charge on any atom is 0.433 e. The molecule has 1 atom stereocenters. The minimum Gasteiger partial charge on any atom is -0.404 e. The molecule has 0 amide bonds. The van der Waals surface area contributed by atoms with Crippen molar-refractivity contribution in [1.29, 1.82) is 0 Å². The topological polar surface area (TPSA) is 68.3 Å². The fraction of sp³-hybridized carbons (Fsp3) is 0.467. The average Bonchev–Trinajstić information content (AvgIpc) is 3.04. The highest BCUT2D eigenvalue weighted by Crippen LogP contribution is 2.35. The molecule has 2 rings (SSSR count). The number of nitrogens with zero attached hydrogens (tertiary/aromatic N) is 1. The summed E-state index contributed by atoms with van der Waals surface area (Å²) in [6.07, 6.45) is 0. The molecule has 0 fully saturated rings. The van der Waals surface area contributed by atoms with E-state index in [0.29, 0.717) is 5.76 Å². The van der Waals surface area contributed by atoms with E-state index in [1.54, 1.807) is 17.4 Å². The minimum absolute atomic E-state index is 0.0921. The third-order valence-electron chi connectivity index (χ3n) is 3.14. The van der Waals surface area contributed by atoms with E-state index >= 15 is 0 Å². The summed E-state index contributed by atoms with van der Waals surface area (Å²) in [4.78, 5) is 12.6. The molecule has 2 aromatic heterocycles. The largest absolute Gasteiger partial charge is 0.433 e. The molecule has 2 heterocycles. The van der Waals surface area contributed by atoms with Crippen molar-refractivity contribution in [2.45, 2.75) is 39.2 Å². The molecule has 6 heteroatoms. The standard InChI is InChI=1S/C15H20N2O3S/c1-5-16-14(10-6-9-13(20-10)17(18)19)11-7-8-12(21-11)15(2,3)4/h6-9,14,16H,5H2,1-4H3. The fourth-order valence-electron chi connectivity index (χ4n) is 2.05. The third-order valence-corrected chi connectivity index (χ3v) is 4.71. The number of nitrogens with one attached hydrogen (secondary N) is 1. The molecule has 0 saturated carbocycles. The Morgan fingerprint density at radius 3 is 2.52 bits per heavy atom. The molecule has 114 valence electrons. The van der Waals surface area contributed by atoms with E-state index < -0.39 is 4.92 Å². The van der Waals surface area contributed by atoms with Crippen molar-refractivity contribution < 1.29 is 9.34 Å². The van der Waals surface area contributed by atoms with E-state index in [9.17, 15) is 10.1 Å². The molecule has 5 nitrogen and oxygen atoms in total. The SMILES string of the molecule is CCNC(c1ccc([N+](=O)[O-])o1)c1ccc(C(C)(C)C)s1. The summed E-state index contributed by atoms with van der Waals surface area (Å²) in [6, 6.07) is 7.10. The molecule has 0 aliphatic rings. The average molecular weight is 308 g/mol. The molecule has 0 aliphatic carbocycles. The Bertz CT molecular complexity index is 625. The van der Waals surface area contributed by atoms with Crippen LogP contribution in [0, 0.1) is 10.1 Å². The zero-order chi connectivity index (χ0) is 15.6. The van der Waals surface area contributed by atoms with E-state index in [1.807, 2.05) is 6.92 Å². The van der Waals surface area contributed by atoms with Crippen LogP contribution >= 0.6 is 11.3 Å². The van der Waals surface area contributed by atoms with E-state index in [1.165, 1.54) is 10.9 Å². The van der Waals surface area contributed by atoms with E-state index in [-0.39, 0.29) is 17.3 Å². The van der Waals surface area contributed by atoms with Crippen LogP contribution in [-0.2, 0) is 5.41 Å². The fourth-order valence-corrected chi connectivity index (χ4v) is 3.20. The number of hydrogen-bond acceptors (Lipinski definition) is 5. The summed E-state index contributed by atoms with van der Waals surface area (Å²) in [5, 5.41) is 14.1. The molecule has 0 radical (unpaired) electrons. The second-order valence-electron chi connectivity index (χ2n) is 5.88. The first-order valence-corrected chi connectivity index (χ1v) is 7.72. The van der Waals surface area contributed by atoms with Gasteiger partial charge >= 0.3 is 5.88 Å². The first-order chi connectivity index (χ1) is 9.82. The molecule has 0 saturated heterocycles. The number of hydrogen-bond donors (Lipinski definition) is 1. The van der Waals surface area contributed by atoms with Gasteiger partial charge in [0, 0.05) is 9.75 Å². The number of rotatable bonds is 5. The van der Waals surface area contributed by atoms with Gasteiger partial charge in [-0.25, -0.2) is 0 Å². The van der Waals surface area contributed by atoms with Gasteiger partial charge in [0.2, 0.25) is 0 Å². The lowest BCUT2D eigenvalue weighted by Gasteiger charge is -2.16. The normalized spacial score (nSPS) is 13.3. The molecule has 1 unspecified atom stereocenters. The summed E-state index contributed by atoms with van der Waals surface area (Å²) in [6.45, 7) is 9.26. The second-order valence-corrected chi connectivity index (χ2v) is 6.99. The lowest BCUT2D eigenvalue weighted by molar-refractivity contribution is -0.402. The highest BCUT2D eigenvalue weighted by molar-refractivity contribution is 7.12. The Hall–Kier alpha value is -1.66. The van der Waals surface area contributed by atoms with Crippen LogP contribution in [0.1, 0.15) is 49.3 Å². The van der Waals surface area contributed by atoms with Crippen LogP contribution in [0.4, 0.5) is 5.88 Å². The Labute approximate surface area is 128 Å². The second kappa shape index (κ2) is 5.99. The van der Waals surface area contributed by atoms with Crippen molar-refractivity contribution >= 4 is 17.2 Å². The molecular weight excluding hydrogens is 288 g/mol. The van der Waals surface area contributed by atoms with Gasteiger partial charge in [-0.3, -0.25) is 10.1 Å². The Morgan fingerprint density at radius 1 is 1.33 bits per heavy atom. The van der Waals surface area contributed by atoms with Crippen molar-refractivity contribution in [3.05, 3.63) is 49.9 Å². The maximum absolute atomic E-state index is 10.8. The highest BCUT2D eigenvalue weighted by Gasteiger charge is 2.24. The van der Waals surface area contributed by atoms with Gasteiger partial charge < -0.3 is 9.73 Å². The van der Waals surface area contributed by atoms with Gasteiger partial charge in [-0.05, 0) is 30.2 Å². The van der Waals surface area contributed by atoms with Crippen molar-refractivity contribution in [2.75, 3.05) is 6.54 Å². The van der Waals surface area contributed by atoms with Gasteiger partial charge in [-0.15, -0.1) is 11.3 Å². The summed E-state index contributed by atoms with van der Waals surface area (Å²) in [7, 11) is 0. The Kier molecular flexibility index (Phi) is 4.49. The molecule has 21 heavy (non-hydrogen) atoms. The van der Waals surface area contributed by atoms with Gasteiger partial charge in [0.15, 0.2) is 0 Å². The van der Waals surface area contributed by atoms with Gasteiger partial charge in [0.1, 0.15) is 16.7 Å². The molecular formula is C15H20N2O3S. The van der Waals surface area contributed by atoms with Gasteiger partial charge in [0.25, 0.3) is 0 Å². The molecule has 2 aromatic rings. The van der Waals surface area contributed by atoms with E-state index in [4.69, 9.17) is 4.42 Å². The molecule has 0 aromatic carbocycles. The lowest BCUT2D eigenvalue weighted by atomic mass is 9.95. The number of thiophene rings is 1. The maximum atomic E-state index is 10.8. The van der Waals surface area contributed by atoms with Gasteiger partial charge in [-0.1, -0.05) is 27.7 Å². The first-order valence-electron chi connectivity index (χ1n) is 6.90. The predicted octanol–water partition coefficient (Wildman–Crippen LogP) is 4.25. The summed E-state index contributed by atoms with van der Waals surface area (Å²) in [5.41, 5.74) is 0.0921. The van der Waals surface area contributed by atoms with Crippen molar-refractivity contribution in [3.8, 4) is 0 Å². The van der Waals surface area contributed by atoms with Crippen molar-refractivity contribution in [2.24, 2.45) is 0 Å². The smallest absolute Gasteiger partial charge is 0.404 e. The zero-order valence-electron chi connectivity index (χ0n) is 12.7. The quantitative estimate of drug-likeness (QED) is 0.662. The monoisotopic (exact) mass is 308 g/mol. The van der Waals surface area contributed by atoms with Gasteiger partial charge in [0.05, 0.1) is 6.07 Å². The van der Waals surface area contributed by atoms with Crippen LogP contribution in [0.25, 0.3) is 0 Å².